The average molecular weight is 351 g/mol. The first-order chi connectivity index (χ1) is 8.91. The van der Waals surface area contributed by atoms with Crippen molar-refractivity contribution < 1.29 is 13.2 Å². The minimum Gasteiger partial charge on any atom is -0.320 e. The van der Waals surface area contributed by atoms with Gasteiger partial charge >= 0.3 is 0 Å². The van der Waals surface area contributed by atoms with Crippen LogP contribution in [0, 0.1) is 17.5 Å². The molecule has 100 valence electrons. The molecule has 0 radical (unpaired) electrons. The molecule has 0 saturated carbocycles. The Morgan fingerprint density at radius 1 is 1.05 bits per heavy atom. The summed E-state index contributed by atoms with van der Waals surface area (Å²) in [5, 5.41) is -0.0502. The van der Waals surface area contributed by atoms with Crippen LogP contribution in [0.5, 0.6) is 0 Å². The Kier molecular flexibility index (Phi) is 4.18. The topological polar surface area (TPSA) is 26.0 Å². The molecule has 0 aliphatic rings. The van der Waals surface area contributed by atoms with E-state index in [4.69, 9.17) is 17.3 Å². The van der Waals surface area contributed by atoms with E-state index in [-0.39, 0.29) is 20.6 Å². The van der Waals surface area contributed by atoms with Gasteiger partial charge in [-0.2, -0.15) is 0 Å². The van der Waals surface area contributed by atoms with Gasteiger partial charge in [-0.25, -0.2) is 13.2 Å². The lowest BCUT2D eigenvalue weighted by Crippen LogP contribution is -2.15. The summed E-state index contributed by atoms with van der Waals surface area (Å²) in [5.41, 5.74) is 6.14. The zero-order valence-electron chi connectivity index (χ0n) is 9.43. The first-order valence-corrected chi connectivity index (χ1v) is 6.43. The standard InChI is InChI=1S/C13H8BrClF3N/c14-8-3-1-2-6(12(8)18)13(19)7-4-10(16)11(17)5-9(7)15/h1-5,13H,19H2. The van der Waals surface area contributed by atoms with E-state index in [0.29, 0.717) is 0 Å². The lowest BCUT2D eigenvalue weighted by atomic mass is 9.99. The summed E-state index contributed by atoms with van der Waals surface area (Å²) >= 11 is 8.85. The molecule has 2 aromatic rings. The van der Waals surface area contributed by atoms with Gasteiger partial charge in [0.1, 0.15) is 5.82 Å². The molecule has 0 fully saturated rings. The van der Waals surface area contributed by atoms with Crippen LogP contribution in [0.2, 0.25) is 5.02 Å². The minimum absolute atomic E-state index is 0.0502. The summed E-state index contributed by atoms with van der Waals surface area (Å²) in [4.78, 5) is 0. The van der Waals surface area contributed by atoms with E-state index in [9.17, 15) is 13.2 Å². The van der Waals surface area contributed by atoms with Gasteiger partial charge in [-0.1, -0.05) is 23.7 Å². The van der Waals surface area contributed by atoms with Crippen molar-refractivity contribution in [3.8, 4) is 0 Å². The number of hydrogen-bond donors (Lipinski definition) is 1. The molecule has 0 aliphatic heterocycles. The van der Waals surface area contributed by atoms with Crippen molar-refractivity contribution in [3.05, 3.63) is 68.4 Å². The fraction of sp³-hybridized carbons (Fsp3) is 0.0769. The Labute approximate surface area is 121 Å². The molecule has 0 aliphatic carbocycles. The normalized spacial score (nSPS) is 12.5. The Morgan fingerprint density at radius 2 is 1.68 bits per heavy atom. The highest BCUT2D eigenvalue weighted by Gasteiger charge is 2.19. The molecule has 0 aromatic heterocycles. The second-order valence-electron chi connectivity index (χ2n) is 3.91. The quantitative estimate of drug-likeness (QED) is 0.789. The fourth-order valence-corrected chi connectivity index (χ4v) is 2.35. The van der Waals surface area contributed by atoms with Crippen molar-refractivity contribution in [2.75, 3.05) is 0 Å². The molecule has 2 aromatic carbocycles. The van der Waals surface area contributed by atoms with Crippen molar-refractivity contribution in [1.29, 1.82) is 0 Å². The summed E-state index contributed by atoms with van der Waals surface area (Å²) in [6.45, 7) is 0. The van der Waals surface area contributed by atoms with Gasteiger partial charge in [0.05, 0.1) is 10.5 Å². The molecule has 1 nitrogen and oxygen atoms in total. The Morgan fingerprint density at radius 3 is 2.37 bits per heavy atom. The van der Waals surface area contributed by atoms with Crippen LogP contribution in [0.3, 0.4) is 0 Å². The van der Waals surface area contributed by atoms with Crippen LogP contribution in [0.15, 0.2) is 34.8 Å². The molecule has 0 amide bonds. The summed E-state index contributed by atoms with van der Waals surface area (Å²) in [6.07, 6.45) is 0. The molecule has 1 atom stereocenters. The summed E-state index contributed by atoms with van der Waals surface area (Å²) in [7, 11) is 0. The molecule has 0 bridgehead atoms. The predicted octanol–water partition coefficient (Wildman–Crippen LogP) is 4.57. The van der Waals surface area contributed by atoms with E-state index in [1.807, 2.05) is 0 Å². The summed E-state index contributed by atoms with van der Waals surface area (Å²) < 4.78 is 40.4. The summed E-state index contributed by atoms with van der Waals surface area (Å²) in [6, 6.07) is 5.28. The SMILES string of the molecule is NC(c1cc(F)c(F)cc1Cl)c1cccc(Br)c1F. The van der Waals surface area contributed by atoms with Crippen molar-refractivity contribution in [2.24, 2.45) is 5.73 Å². The third-order valence-corrected chi connectivity index (χ3v) is 3.63. The maximum atomic E-state index is 13.9. The monoisotopic (exact) mass is 349 g/mol. The lowest BCUT2D eigenvalue weighted by molar-refractivity contribution is 0.506. The first kappa shape index (κ1) is 14.4. The number of benzene rings is 2. The largest absolute Gasteiger partial charge is 0.320 e. The second-order valence-corrected chi connectivity index (χ2v) is 5.17. The van der Waals surface area contributed by atoms with Crippen LogP contribution < -0.4 is 5.73 Å². The van der Waals surface area contributed by atoms with Crippen LogP contribution >= 0.6 is 27.5 Å². The van der Waals surface area contributed by atoms with Crippen molar-refractivity contribution in [2.45, 2.75) is 6.04 Å². The number of nitrogens with two attached hydrogens (primary N) is 1. The maximum absolute atomic E-state index is 13.9. The molecule has 1 unspecified atom stereocenters. The van der Waals surface area contributed by atoms with Gasteiger partial charge < -0.3 is 5.73 Å². The third kappa shape index (κ3) is 2.78. The van der Waals surface area contributed by atoms with E-state index >= 15 is 0 Å². The van der Waals surface area contributed by atoms with Gasteiger partial charge in [0.15, 0.2) is 11.6 Å². The van der Waals surface area contributed by atoms with Crippen LogP contribution in [0.4, 0.5) is 13.2 Å². The smallest absolute Gasteiger partial charge is 0.160 e. The molecule has 0 saturated heterocycles. The first-order valence-electron chi connectivity index (χ1n) is 5.25. The molecular formula is C13H8BrClF3N. The van der Waals surface area contributed by atoms with E-state index in [1.165, 1.54) is 12.1 Å². The van der Waals surface area contributed by atoms with Gasteiger partial charge in [0, 0.05) is 10.6 Å². The van der Waals surface area contributed by atoms with E-state index < -0.39 is 23.5 Å². The van der Waals surface area contributed by atoms with E-state index in [2.05, 4.69) is 15.9 Å². The van der Waals surface area contributed by atoms with E-state index in [0.717, 1.165) is 12.1 Å². The molecule has 19 heavy (non-hydrogen) atoms. The van der Waals surface area contributed by atoms with Crippen LogP contribution in [-0.2, 0) is 0 Å². The molecule has 2 rings (SSSR count). The van der Waals surface area contributed by atoms with Crippen LogP contribution in [0.1, 0.15) is 17.2 Å². The lowest BCUT2D eigenvalue weighted by Gasteiger charge is -2.16. The fourth-order valence-electron chi connectivity index (χ4n) is 1.70. The zero-order valence-corrected chi connectivity index (χ0v) is 11.8. The van der Waals surface area contributed by atoms with Crippen molar-refractivity contribution in [1.82, 2.24) is 0 Å². The Balaban J connectivity index is 2.53. The highest BCUT2D eigenvalue weighted by Crippen LogP contribution is 2.31. The maximum Gasteiger partial charge on any atom is 0.160 e. The third-order valence-electron chi connectivity index (χ3n) is 2.69. The van der Waals surface area contributed by atoms with E-state index in [1.54, 1.807) is 6.07 Å². The molecule has 6 heteroatoms. The van der Waals surface area contributed by atoms with Gasteiger partial charge in [-0.05, 0) is 39.7 Å². The highest BCUT2D eigenvalue weighted by molar-refractivity contribution is 9.10. The second kappa shape index (κ2) is 5.53. The summed E-state index contributed by atoms with van der Waals surface area (Å²) in [5.74, 6) is -2.71. The number of rotatable bonds is 2. The molecule has 0 spiro atoms. The Hall–Kier alpha value is -1.04. The van der Waals surface area contributed by atoms with Gasteiger partial charge in [0.25, 0.3) is 0 Å². The Bertz CT molecular complexity index is 634. The predicted molar refractivity (Wildman–Crippen MR) is 71.5 cm³/mol. The highest BCUT2D eigenvalue weighted by atomic mass is 79.9. The molecule has 0 heterocycles. The number of halogens is 5. The zero-order chi connectivity index (χ0) is 14.2. The number of hydrogen-bond acceptors (Lipinski definition) is 1. The van der Waals surface area contributed by atoms with Crippen LogP contribution in [0.25, 0.3) is 0 Å². The average Bonchev–Trinajstić information content (AvgIpc) is 2.36. The molecule has 2 N–H and O–H groups in total. The van der Waals surface area contributed by atoms with Crippen molar-refractivity contribution >= 4 is 27.5 Å². The van der Waals surface area contributed by atoms with Crippen molar-refractivity contribution in [3.63, 3.8) is 0 Å². The van der Waals surface area contributed by atoms with Gasteiger partial charge in [0.2, 0.25) is 0 Å². The van der Waals surface area contributed by atoms with Gasteiger partial charge in [-0.3, -0.25) is 0 Å². The minimum atomic E-state index is -1.08. The molecular weight excluding hydrogens is 343 g/mol. The van der Waals surface area contributed by atoms with Crippen LogP contribution in [-0.4, -0.2) is 0 Å². The van der Waals surface area contributed by atoms with Gasteiger partial charge in [-0.15, -0.1) is 0 Å².